The highest BCUT2D eigenvalue weighted by Gasteiger charge is 2.15. The van der Waals surface area contributed by atoms with Gasteiger partial charge in [0.05, 0.1) is 10.8 Å². The zero-order chi connectivity index (χ0) is 12.3. The second-order valence-electron chi connectivity index (χ2n) is 3.70. The predicted molar refractivity (Wildman–Crippen MR) is 68.5 cm³/mol. The van der Waals surface area contributed by atoms with Gasteiger partial charge in [0.25, 0.3) is 5.91 Å². The number of benzene rings is 1. The summed E-state index contributed by atoms with van der Waals surface area (Å²) in [5, 5.41) is 5.93. The monoisotopic (exact) mass is 248 g/mol. The molecule has 4 nitrogen and oxygen atoms in total. The van der Waals surface area contributed by atoms with Crippen molar-refractivity contribution in [3.05, 3.63) is 40.9 Å². The van der Waals surface area contributed by atoms with Crippen LogP contribution < -0.4 is 10.6 Å². The van der Waals surface area contributed by atoms with Gasteiger partial charge in [0.15, 0.2) is 0 Å². The van der Waals surface area contributed by atoms with Crippen molar-refractivity contribution >= 4 is 29.3 Å². The molecule has 0 spiro atoms. The lowest BCUT2D eigenvalue weighted by Crippen LogP contribution is -2.16. The van der Waals surface area contributed by atoms with Crippen molar-refractivity contribution in [1.82, 2.24) is 5.32 Å². The van der Waals surface area contributed by atoms with Gasteiger partial charge in [0.1, 0.15) is 0 Å². The molecule has 0 unspecified atom stereocenters. The minimum atomic E-state index is -0.237. The third-order valence-electron chi connectivity index (χ3n) is 2.20. The molecule has 0 bridgehead atoms. The van der Waals surface area contributed by atoms with E-state index in [-0.39, 0.29) is 11.8 Å². The quantitative estimate of drug-likeness (QED) is 0.782. The maximum atomic E-state index is 11.6. The average Bonchev–Trinajstić information content (AvgIpc) is 2.67. The molecule has 1 saturated heterocycles. The molecule has 1 aromatic rings. The number of aryl methyl sites for hydroxylation is 1. The molecule has 88 valence electrons. The van der Waals surface area contributed by atoms with Crippen LogP contribution in [-0.4, -0.2) is 17.6 Å². The van der Waals surface area contributed by atoms with E-state index in [1.165, 1.54) is 17.8 Å². The highest BCUT2D eigenvalue weighted by atomic mass is 32.2. The number of anilines is 1. The summed E-state index contributed by atoms with van der Waals surface area (Å²) in [7, 11) is 0. The summed E-state index contributed by atoms with van der Waals surface area (Å²) in [4.78, 5) is 22.5. The highest BCUT2D eigenvalue weighted by molar-refractivity contribution is 8.04. The van der Waals surface area contributed by atoms with Crippen LogP contribution in [0.5, 0.6) is 0 Å². The SMILES string of the molecule is Cc1ccc(NC(=O)C=C2NC(=O)CS2)cc1. The lowest BCUT2D eigenvalue weighted by molar-refractivity contribution is -0.117. The molecule has 17 heavy (non-hydrogen) atoms. The Morgan fingerprint density at radius 1 is 1.41 bits per heavy atom. The first-order chi connectivity index (χ1) is 8.13. The first-order valence-corrected chi connectivity index (χ1v) is 6.14. The van der Waals surface area contributed by atoms with Crippen LogP contribution >= 0.6 is 11.8 Å². The lowest BCUT2D eigenvalue weighted by atomic mass is 10.2. The minimum Gasteiger partial charge on any atom is -0.322 e. The van der Waals surface area contributed by atoms with E-state index in [0.29, 0.717) is 10.8 Å². The molecule has 1 aromatic carbocycles. The molecule has 0 saturated carbocycles. The number of carbonyl (C=O) groups is 2. The van der Waals surface area contributed by atoms with Gasteiger partial charge >= 0.3 is 0 Å². The minimum absolute atomic E-state index is 0.0654. The van der Waals surface area contributed by atoms with Crippen molar-refractivity contribution in [3.8, 4) is 0 Å². The van der Waals surface area contributed by atoms with Crippen LogP contribution in [0.25, 0.3) is 0 Å². The lowest BCUT2D eigenvalue weighted by Gasteiger charge is -2.03. The van der Waals surface area contributed by atoms with Crippen molar-refractivity contribution < 1.29 is 9.59 Å². The van der Waals surface area contributed by atoms with E-state index in [2.05, 4.69) is 10.6 Å². The van der Waals surface area contributed by atoms with Crippen LogP contribution in [0.1, 0.15) is 5.56 Å². The van der Waals surface area contributed by atoms with Crippen LogP contribution in [0.3, 0.4) is 0 Å². The molecule has 5 heteroatoms. The van der Waals surface area contributed by atoms with Gasteiger partial charge in [-0.15, -0.1) is 0 Å². The Morgan fingerprint density at radius 2 is 2.12 bits per heavy atom. The predicted octanol–water partition coefficient (Wildman–Crippen LogP) is 1.64. The number of rotatable bonds is 2. The van der Waals surface area contributed by atoms with Crippen molar-refractivity contribution in [2.24, 2.45) is 0 Å². The topological polar surface area (TPSA) is 58.2 Å². The Kier molecular flexibility index (Phi) is 3.49. The normalized spacial score (nSPS) is 17.0. The van der Waals surface area contributed by atoms with Gasteiger partial charge in [-0.25, -0.2) is 0 Å². The number of carbonyl (C=O) groups excluding carboxylic acids is 2. The molecule has 1 fully saturated rings. The molecule has 0 radical (unpaired) electrons. The first kappa shape index (κ1) is 11.7. The van der Waals surface area contributed by atoms with Gasteiger partial charge in [0.2, 0.25) is 5.91 Å². The standard InChI is InChI=1S/C12H12N2O2S/c1-8-2-4-9(5-3-8)13-10(15)6-12-14-11(16)7-17-12/h2-6H,7H2,1H3,(H,13,15)(H,14,16). The second-order valence-corrected chi connectivity index (χ2v) is 4.72. The Morgan fingerprint density at radius 3 is 2.71 bits per heavy atom. The third kappa shape index (κ3) is 3.35. The number of thioether (sulfide) groups is 1. The molecule has 0 atom stereocenters. The molecule has 2 rings (SSSR count). The van der Waals surface area contributed by atoms with Crippen LogP contribution in [0.15, 0.2) is 35.4 Å². The average molecular weight is 248 g/mol. The molecule has 1 aliphatic heterocycles. The Hall–Kier alpha value is -1.75. The number of amides is 2. The summed E-state index contributed by atoms with van der Waals surface area (Å²) in [6.07, 6.45) is 1.40. The highest BCUT2D eigenvalue weighted by Crippen LogP contribution is 2.18. The summed E-state index contributed by atoms with van der Waals surface area (Å²) in [6, 6.07) is 7.53. The van der Waals surface area contributed by atoms with E-state index in [4.69, 9.17) is 0 Å². The van der Waals surface area contributed by atoms with Gasteiger partial charge in [0, 0.05) is 11.8 Å². The van der Waals surface area contributed by atoms with Crippen molar-refractivity contribution in [3.63, 3.8) is 0 Å². The van der Waals surface area contributed by atoms with E-state index < -0.39 is 0 Å². The number of hydrogen-bond donors (Lipinski definition) is 2. The van der Waals surface area contributed by atoms with E-state index in [1.54, 1.807) is 0 Å². The summed E-state index contributed by atoms with van der Waals surface area (Å²) in [5.74, 6) is 0.0758. The van der Waals surface area contributed by atoms with Crippen LogP contribution in [0.2, 0.25) is 0 Å². The van der Waals surface area contributed by atoms with E-state index in [0.717, 1.165) is 11.3 Å². The fraction of sp³-hybridized carbons (Fsp3) is 0.167. The molecule has 2 N–H and O–H groups in total. The molecule has 1 heterocycles. The fourth-order valence-electron chi connectivity index (χ4n) is 1.36. The molecule has 1 aliphatic rings. The van der Waals surface area contributed by atoms with E-state index >= 15 is 0 Å². The second kappa shape index (κ2) is 5.05. The van der Waals surface area contributed by atoms with Crippen molar-refractivity contribution in [2.45, 2.75) is 6.92 Å². The van der Waals surface area contributed by atoms with Gasteiger partial charge < -0.3 is 10.6 Å². The zero-order valence-electron chi connectivity index (χ0n) is 9.32. The summed E-state index contributed by atoms with van der Waals surface area (Å²) >= 11 is 1.33. The zero-order valence-corrected chi connectivity index (χ0v) is 10.1. The Balaban J connectivity index is 1.98. The number of nitrogens with one attached hydrogen (secondary N) is 2. The third-order valence-corrected chi connectivity index (χ3v) is 3.14. The van der Waals surface area contributed by atoms with Crippen LogP contribution in [0.4, 0.5) is 5.69 Å². The Bertz CT molecular complexity index is 480. The molecular weight excluding hydrogens is 236 g/mol. The molecular formula is C12H12N2O2S. The van der Waals surface area contributed by atoms with Gasteiger partial charge in [-0.3, -0.25) is 9.59 Å². The van der Waals surface area contributed by atoms with Crippen molar-refractivity contribution in [2.75, 3.05) is 11.1 Å². The molecule has 0 aliphatic carbocycles. The van der Waals surface area contributed by atoms with E-state index in [9.17, 15) is 9.59 Å². The summed E-state index contributed by atoms with van der Waals surface area (Å²) in [6.45, 7) is 1.98. The van der Waals surface area contributed by atoms with Crippen LogP contribution in [0, 0.1) is 6.92 Å². The molecule has 2 amide bonds. The molecule has 0 aromatic heterocycles. The van der Waals surface area contributed by atoms with Gasteiger partial charge in [-0.05, 0) is 19.1 Å². The summed E-state index contributed by atoms with van der Waals surface area (Å²) < 4.78 is 0. The maximum absolute atomic E-state index is 11.6. The van der Waals surface area contributed by atoms with Crippen molar-refractivity contribution in [1.29, 1.82) is 0 Å². The fourth-order valence-corrected chi connectivity index (χ4v) is 2.10. The van der Waals surface area contributed by atoms with Gasteiger partial charge in [-0.2, -0.15) is 0 Å². The largest absolute Gasteiger partial charge is 0.322 e. The maximum Gasteiger partial charge on any atom is 0.250 e. The Labute approximate surface area is 103 Å². The van der Waals surface area contributed by atoms with E-state index in [1.807, 2.05) is 31.2 Å². The smallest absolute Gasteiger partial charge is 0.250 e. The first-order valence-electron chi connectivity index (χ1n) is 5.15. The summed E-state index contributed by atoms with van der Waals surface area (Å²) in [5.41, 5.74) is 1.88. The number of hydrogen-bond acceptors (Lipinski definition) is 3. The van der Waals surface area contributed by atoms with Gasteiger partial charge in [-0.1, -0.05) is 29.5 Å². The van der Waals surface area contributed by atoms with Crippen LogP contribution in [-0.2, 0) is 9.59 Å².